The standard InChI is InChI=1S/C27H30N4O6S/c1-20(2)29-27(33)19-36-23-13-9-21(10-14-23)17-28-30-26(32)18-31(38(3,34)35)22-11-15-25(16-12-22)37-24-7-5-4-6-8-24/h4-17,20H,18-19H2,1-3H3,(H,29,33)(H,30,32)/b28-17-. The summed E-state index contributed by atoms with van der Waals surface area (Å²) in [6, 6.07) is 22.3. The Morgan fingerprint density at radius 3 is 2.11 bits per heavy atom. The van der Waals surface area contributed by atoms with Gasteiger partial charge in [0, 0.05) is 6.04 Å². The van der Waals surface area contributed by atoms with Gasteiger partial charge in [0.2, 0.25) is 10.0 Å². The maximum atomic E-state index is 12.4. The molecule has 0 aliphatic carbocycles. The molecule has 0 aliphatic rings. The van der Waals surface area contributed by atoms with E-state index in [1.807, 2.05) is 32.0 Å². The highest BCUT2D eigenvalue weighted by Crippen LogP contribution is 2.25. The zero-order chi connectivity index (χ0) is 27.5. The minimum atomic E-state index is -3.75. The second-order valence-corrected chi connectivity index (χ2v) is 10.5. The van der Waals surface area contributed by atoms with Crippen LogP contribution in [0.5, 0.6) is 17.2 Å². The van der Waals surface area contributed by atoms with Gasteiger partial charge in [-0.05, 0) is 80.1 Å². The lowest BCUT2D eigenvalue weighted by Crippen LogP contribution is -2.39. The van der Waals surface area contributed by atoms with E-state index in [1.54, 1.807) is 60.7 Å². The van der Waals surface area contributed by atoms with E-state index >= 15 is 0 Å². The molecule has 3 aromatic rings. The van der Waals surface area contributed by atoms with Gasteiger partial charge in [-0.15, -0.1) is 0 Å². The first-order valence-corrected chi connectivity index (χ1v) is 13.6. The van der Waals surface area contributed by atoms with E-state index in [-0.39, 0.29) is 18.6 Å². The second kappa shape index (κ2) is 13.2. The predicted octanol–water partition coefficient (Wildman–Crippen LogP) is 3.30. The molecule has 0 atom stereocenters. The molecule has 2 amide bonds. The van der Waals surface area contributed by atoms with Crippen LogP contribution < -0.4 is 24.5 Å². The van der Waals surface area contributed by atoms with Crippen LogP contribution in [0.1, 0.15) is 19.4 Å². The largest absolute Gasteiger partial charge is 0.484 e. The number of ether oxygens (including phenoxy) is 2. The Hall–Kier alpha value is -4.38. The average molecular weight is 539 g/mol. The van der Waals surface area contributed by atoms with E-state index in [0.29, 0.717) is 28.5 Å². The first-order chi connectivity index (χ1) is 18.1. The SMILES string of the molecule is CC(C)NC(=O)COc1ccc(/C=N\NC(=O)CN(c2ccc(Oc3ccccc3)cc2)S(C)(=O)=O)cc1. The van der Waals surface area contributed by atoms with Crippen LogP contribution in [-0.2, 0) is 19.6 Å². The Morgan fingerprint density at radius 1 is 0.895 bits per heavy atom. The smallest absolute Gasteiger partial charge is 0.260 e. The number of hydrogen-bond donors (Lipinski definition) is 2. The van der Waals surface area contributed by atoms with Crippen molar-refractivity contribution in [2.45, 2.75) is 19.9 Å². The van der Waals surface area contributed by atoms with E-state index in [9.17, 15) is 18.0 Å². The Kier molecular flexibility index (Phi) is 9.83. The number of amides is 2. The molecule has 0 aromatic heterocycles. The molecular formula is C27H30N4O6S. The number of rotatable bonds is 12. The molecule has 38 heavy (non-hydrogen) atoms. The van der Waals surface area contributed by atoms with Gasteiger partial charge in [-0.2, -0.15) is 5.10 Å². The van der Waals surface area contributed by atoms with Crippen molar-refractivity contribution in [1.82, 2.24) is 10.7 Å². The van der Waals surface area contributed by atoms with E-state index in [0.717, 1.165) is 10.6 Å². The summed E-state index contributed by atoms with van der Waals surface area (Å²) in [6.07, 6.45) is 2.43. The second-order valence-electron chi connectivity index (χ2n) is 8.55. The van der Waals surface area contributed by atoms with Crippen molar-refractivity contribution < 1.29 is 27.5 Å². The van der Waals surface area contributed by atoms with Gasteiger partial charge in [0.1, 0.15) is 23.8 Å². The van der Waals surface area contributed by atoms with Crippen molar-refractivity contribution in [2.24, 2.45) is 5.10 Å². The number of carbonyl (C=O) groups is 2. The van der Waals surface area contributed by atoms with Crippen molar-refractivity contribution in [3.63, 3.8) is 0 Å². The molecule has 0 saturated carbocycles. The Morgan fingerprint density at radius 2 is 1.50 bits per heavy atom. The predicted molar refractivity (Wildman–Crippen MR) is 146 cm³/mol. The summed E-state index contributed by atoms with van der Waals surface area (Å²) in [4.78, 5) is 24.1. The number of benzene rings is 3. The van der Waals surface area contributed by atoms with Crippen molar-refractivity contribution in [3.05, 3.63) is 84.4 Å². The molecule has 2 N–H and O–H groups in total. The van der Waals surface area contributed by atoms with Gasteiger partial charge in [-0.25, -0.2) is 13.8 Å². The molecule has 0 spiro atoms. The maximum absolute atomic E-state index is 12.4. The molecule has 0 bridgehead atoms. The number of nitrogens with one attached hydrogen (secondary N) is 2. The molecule has 0 aliphatic heterocycles. The van der Waals surface area contributed by atoms with Gasteiger partial charge < -0.3 is 14.8 Å². The molecule has 0 heterocycles. The molecule has 10 nitrogen and oxygen atoms in total. The minimum Gasteiger partial charge on any atom is -0.484 e. The summed E-state index contributed by atoms with van der Waals surface area (Å²) in [7, 11) is -3.75. The fourth-order valence-electron chi connectivity index (χ4n) is 3.21. The fourth-order valence-corrected chi connectivity index (χ4v) is 4.07. The number of hydrazone groups is 1. The fraction of sp³-hybridized carbons (Fsp3) is 0.222. The van der Waals surface area contributed by atoms with Crippen molar-refractivity contribution in [3.8, 4) is 17.2 Å². The van der Waals surface area contributed by atoms with Crippen LogP contribution in [0.4, 0.5) is 5.69 Å². The molecule has 0 radical (unpaired) electrons. The number of hydrogen-bond acceptors (Lipinski definition) is 7. The zero-order valence-corrected chi connectivity index (χ0v) is 22.1. The third kappa shape index (κ3) is 9.25. The van der Waals surface area contributed by atoms with Crippen LogP contribution in [-0.4, -0.2) is 51.9 Å². The van der Waals surface area contributed by atoms with Crippen molar-refractivity contribution in [2.75, 3.05) is 23.7 Å². The van der Waals surface area contributed by atoms with Crippen LogP contribution in [0.15, 0.2) is 84.0 Å². The first-order valence-electron chi connectivity index (χ1n) is 11.7. The van der Waals surface area contributed by atoms with Crippen LogP contribution in [0.25, 0.3) is 0 Å². The van der Waals surface area contributed by atoms with Crippen LogP contribution in [0, 0.1) is 0 Å². The third-order valence-electron chi connectivity index (χ3n) is 4.89. The molecule has 11 heteroatoms. The van der Waals surface area contributed by atoms with Gasteiger partial charge >= 0.3 is 0 Å². The quantitative estimate of drug-likeness (QED) is 0.269. The summed E-state index contributed by atoms with van der Waals surface area (Å²) in [6.45, 7) is 3.17. The lowest BCUT2D eigenvalue weighted by Gasteiger charge is -2.21. The molecule has 3 aromatic carbocycles. The van der Waals surface area contributed by atoms with E-state index in [4.69, 9.17) is 9.47 Å². The Bertz CT molecular complexity index is 1340. The van der Waals surface area contributed by atoms with E-state index in [1.165, 1.54) is 6.21 Å². The maximum Gasteiger partial charge on any atom is 0.260 e. The Labute approximate surface area is 222 Å². The number of nitrogens with zero attached hydrogens (tertiary/aromatic N) is 2. The number of carbonyl (C=O) groups excluding carboxylic acids is 2. The number of para-hydroxylation sites is 1. The topological polar surface area (TPSA) is 126 Å². The van der Waals surface area contributed by atoms with Crippen LogP contribution in [0.2, 0.25) is 0 Å². The summed E-state index contributed by atoms with van der Waals surface area (Å²) in [5, 5.41) is 6.63. The lowest BCUT2D eigenvalue weighted by molar-refractivity contribution is -0.123. The average Bonchev–Trinajstić information content (AvgIpc) is 2.87. The summed E-state index contributed by atoms with van der Waals surface area (Å²) in [5.41, 5.74) is 3.31. The normalized spacial score (nSPS) is 11.3. The molecule has 0 unspecified atom stereocenters. The monoisotopic (exact) mass is 538 g/mol. The molecule has 3 rings (SSSR count). The van der Waals surface area contributed by atoms with E-state index in [2.05, 4.69) is 15.8 Å². The van der Waals surface area contributed by atoms with Crippen LogP contribution in [0.3, 0.4) is 0 Å². The zero-order valence-electron chi connectivity index (χ0n) is 21.3. The summed E-state index contributed by atoms with van der Waals surface area (Å²) < 4.78 is 36.8. The number of anilines is 1. The highest BCUT2D eigenvalue weighted by molar-refractivity contribution is 7.92. The minimum absolute atomic E-state index is 0.0319. The van der Waals surface area contributed by atoms with Crippen molar-refractivity contribution in [1.29, 1.82) is 0 Å². The van der Waals surface area contributed by atoms with Crippen molar-refractivity contribution >= 4 is 33.7 Å². The number of sulfonamides is 1. The lowest BCUT2D eigenvalue weighted by atomic mass is 10.2. The van der Waals surface area contributed by atoms with Gasteiger partial charge in [0.05, 0.1) is 18.2 Å². The first kappa shape index (κ1) is 28.2. The third-order valence-corrected chi connectivity index (χ3v) is 6.03. The molecule has 0 fully saturated rings. The summed E-state index contributed by atoms with van der Waals surface area (Å²) in [5.74, 6) is 0.848. The van der Waals surface area contributed by atoms with Gasteiger partial charge in [0.15, 0.2) is 6.61 Å². The van der Waals surface area contributed by atoms with Gasteiger partial charge in [0.25, 0.3) is 11.8 Å². The van der Waals surface area contributed by atoms with Gasteiger partial charge in [-0.1, -0.05) is 18.2 Å². The molecular weight excluding hydrogens is 508 g/mol. The van der Waals surface area contributed by atoms with E-state index < -0.39 is 22.5 Å². The summed E-state index contributed by atoms with van der Waals surface area (Å²) >= 11 is 0. The highest BCUT2D eigenvalue weighted by Gasteiger charge is 2.21. The van der Waals surface area contributed by atoms with Gasteiger partial charge in [-0.3, -0.25) is 13.9 Å². The highest BCUT2D eigenvalue weighted by atomic mass is 32.2. The van der Waals surface area contributed by atoms with Crippen LogP contribution >= 0.6 is 0 Å². The molecule has 200 valence electrons. The molecule has 0 saturated heterocycles. The Balaban J connectivity index is 1.54.